The van der Waals surface area contributed by atoms with Gasteiger partial charge in [0.25, 0.3) is 5.91 Å². The lowest BCUT2D eigenvalue weighted by Crippen LogP contribution is -2.41. The second-order valence-corrected chi connectivity index (χ2v) is 8.65. The van der Waals surface area contributed by atoms with Crippen molar-refractivity contribution >= 4 is 34.6 Å². The van der Waals surface area contributed by atoms with Crippen LogP contribution in [0, 0.1) is 5.82 Å². The summed E-state index contributed by atoms with van der Waals surface area (Å²) in [5.41, 5.74) is 2.28. The molecule has 4 rings (SSSR count). The van der Waals surface area contributed by atoms with Crippen molar-refractivity contribution in [3.05, 3.63) is 69.9 Å². The van der Waals surface area contributed by atoms with Gasteiger partial charge in [0.1, 0.15) is 10.8 Å². The van der Waals surface area contributed by atoms with Gasteiger partial charge in [0, 0.05) is 30.4 Å². The maximum absolute atomic E-state index is 13.3. The number of hydrogen-bond donors (Lipinski definition) is 2. The lowest BCUT2D eigenvalue weighted by molar-refractivity contribution is 0.102. The number of urea groups is 1. The van der Waals surface area contributed by atoms with Crippen LogP contribution < -0.4 is 10.6 Å². The molecule has 32 heavy (non-hydrogen) atoms. The molecule has 0 spiro atoms. The highest BCUT2D eigenvalue weighted by atomic mass is 32.1. The summed E-state index contributed by atoms with van der Waals surface area (Å²) in [6.45, 7) is 3.24. The molecule has 0 bridgehead atoms. The third-order valence-electron chi connectivity index (χ3n) is 5.42. The highest BCUT2D eigenvalue weighted by Gasteiger charge is 2.28. The lowest BCUT2D eigenvalue weighted by Gasteiger charge is -2.31. The number of carbonyl (C=O) groups is 2. The zero-order valence-electron chi connectivity index (χ0n) is 17.7. The Bertz CT molecular complexity index is 1120. The molecule has 0 saturated carbocycles. The van der Waals surface area contributed by atoms with Gasteiger partial charge in [0.2, 0.25) is 5.01 Å². The van der Waals surface area contributed by atoms with Gasteiger partial charge in [-0.2, -0.15) is 0 Å². The van der Waals surface area contributed by atoms with Crippen LogP contribution in [0.25, 0.3) is 0 Å². The summed E-state index contributed by atoms with van der Waals surface area (Å²) in [6, 6.07) is 13.3. The third kappa shape index (κ3) is 5.11. The van der Waals surface area contributed by atoms with Crippen LogP contribution in [0.3, 0.4) is 0 Å². The van der Waals surface area contributed by atoms with Gasteiger partial charge in [-0.25, -0.2) is 9.18 Å². The van der Waals surface area contributed by atoms with E-state index in [2.05, 4.69) is 27.8 Å². The second kappa shape index (κ2) is 9.86. The largest absolute Gasteiger partial charge is 0.324 e. The van der Waals surface area contributed by atoms with E-state index < -0.39 is 11.7 Å². The predicted octanol–water partition coefficient (Wildman–Crippen LogP) is 4.90. The molecule has 2 heterocycles. The van der Waals surface area contributed by atoms with Crippen LogP contribution in [0.2, 0.25) is 0 Å². The SMILES string of the molecule is CCc1ccccc1NC(=O)N1CCC[C@@H](c2nnc(C(=O)Nc3cccc(F)c3)s2)C1. The van der Waals surface area contributed by atoms with Crippen molar-refractivity contribution in [3.8, 4) is 0 Å². The van der Waals surface area contributed by atoms with Crippen LogP contribution in [0.4, 0.5) is 20.6 Å². The smallest absolute Gasteiger partial charge is 0.321 e. The average molecular weight is 454 g/mol. The number of para-hydroxylation sites is 1. The minimum Gasteiger partial charge on any atom is -0.324 e. The molecule has 0 radical (unpaired) electrons. The number of halogens is 1. The fourth-order valence-electron chi connectivity index (χ4n) is 3.75. The highest BCUT2D eigenvalue weighted by molar-refractivity contribution is 7.13. The summed E-state index contributed by atoms with van der Waals surface area (Å²) in [5.74, 6) is -0.840. The van der Waals surface area contributed by atoms with Gasteiger partial charge in [-0.15, -0.1) is 10.2 Å². The number of aromatic nitrogens is 2. The van der Waals surface area contributed by atoms with Crippen LogP contribution >= 0.6 is 11.3 Å². The molecule has 1 aliphatic rings. The van der Waals surface area contributed by atoms with Gasteiger partial charge in [-0.1, -0.05) is 42.5 Å². The number of likely N-dealkylation sites (tertiary alicyclic amines) is 1. The number of carbonyl (C=O) groups excluding carboxylic acids is 2. The Kier molecular flexibility index (Phi) is 6.75. The lowest BCUT2D eigenvalue weighted by atomic mass is 9.99. The van der Waals surface area contributed by atoms with Crippen LogP contribution in [-0.2, 0) is 6.42 Å². The molecule has 3 amide bonds. The molecule has 9 heteroatoms. The van der Waals surface area contributed by atoms with Crippen LogP contribution in [0.5, 0.6) is 0 Å². The van der Waals surface area contributed by atoms with Gasteiger partial charge in [-0.05, 0) is 49.1 Å². The van der Waals surface area contributed by atoms with Crippen molar-refractivity contribution in [2.24, 2.45) is 0 Å². The van der Waals surface area contributed by atoms with Crippen molar-refractivity contribution in [2.75, 3.05) is 23.7 Å². The van der Waals surface area contributed by atoms with Crippen molar-refractivity contribution in [1.82, 2.24) is 15.1 Å². The molecule has 2 aromatic carbocycles. The first-order valence-electron chi connectivity index (χ1n) is 10.6. The molecule has 3 aromatic rings. The Morgan fingerprint density at radius 2 is 2.00 bits per heavy atom. The Morgan fingerprint density at radius 3 is 2.81 bits per heavy atom. The normalized spacial score (nSPS) is 15.9. The summed E-state index contributed by atoms with van der Waals surface area (Å²) in [7, 11) is 0. The molecule has 7 nitrogen and oxygen atoms in total. The number of nitrogens with zero attached hydrogens (tertiary/aromatic N) is 3. The van der Waals surface area contributed by atoms with Gasteiger partial charge in [0.15, 0.2) is 0 Å². The van der Waals surface area contributed by atoms with Gasteiger partial charge >= 0.3 is 6.03 Å². The molecule has 1 aliphatic heterocycles. The van der Waals surface area contributed by atoms with Crippen LogP contribution in [-0.4, -0.2) is 40.1 Å². The molecular formula is C23H24FN5O2S. The Balaban J connectivity index is 1.40. The third-order valence-corrected chi connectivity index (χ3v) is 6.50. The first-order chi connectivity index (χ1) is 15.5. The van der Waals surface area contributed by atoms with Crippen molar-refractivity contribution < 1.29 is 14.0 Å². The molecule has 1 saturated heterocycles. The minimum atomic E-state index is -0.430. The minimum absolute atomic E-state index is 0.0177. The van der Waals surface area contributed by atoms with E-state index in [1.54, 1.807) is 11.0 Å². The Labute approximate surface area is 189 Å². The Hall–Kier alpha value is -3.33. The zero-order valence-corrected chi connectivity index (χ0v) is 18.5. The van der Waals surface area contributed by atoms with Gasteiger partial charge < -0.3 is 15.5 Å². The van der Waals surface area contributed by atoms with Gasteiger partial charge in [-0.3, -0.25) is 4.79 Å². The topological polar surface area (TPSA) is 87.2 Å². The highest BCUT2D eigenvalue weighted by Crippen LogP contribution is 2.30. The van der Waals surface area contributed by atoms with Crippen LogP contribution in [0.15, 0.2) is 48.5 Å². The first kappa shape index (κ1) is 21.9. The molecule has 0 unspecified atom stereocenters. The van der Waals surface area contributed by atoms with E-state index in [9.17, 15) is 14.0 Å². The number of hydrogen-bond acceptors (Lipinski definition) is 5. The molecule has 166 valence electrons. The fraction of sp³-hybridized carbons (Fsp3) is 0.304. The summed E-state index contributed by atoms with van der Waals surface area (Å²) in [6.07, 6.45) is 2.55. The predicted molar refractivity (Wildman–Crippen MR) is 123 cm³/mol. The van der Waals surface area contributed by atoms with E-state index in [4.69, 9.17) is 0 Å². The number of benzene rings is 2. The van der Waals surface area contributed by atoms with Crippen LogP contribution in [0.1, 0.15) is 46.1 Å². The van der Waals surface area contributed by atoms with E-state index in [0.29, 0.717) is 18.8 Å². The Morgan fingerprint density at radius 1 is 1.16 bits per heavy atom. The molecule has 1 fully saturated rings. The monoisotopic (exact) mass is 453 g/mol. The number of amides is 3. The number of piperidine rings is 1. The quantitative estimate of drug-likeness (QED) is 0.575. The zero-order chi connectivity index (χ0) is 22.5. The molecular weight excluding hydrogens is 429 g/mol. The summed E-state index contributed by atoms with van der Waals surface area (Å²) in [5, 5.41) is 14.8. The molecule has 1 atom stereocenters. The molecule has 2 N–H and O–H groups in total. The summed E-state index contributed by atoms with van der Waals surface area (Å²) < 4.78 is 13.3. The number of aryl methyl sites for hydroxylation is 1. The average Bonchev–Trinajstić information content (AvgIpc) is 3.30. The summed E-state index contributed by atoms with van der Waals surface area (Å²) in [4.78, 5) is 27.1. The number of nitrogens with one attached hydrogen (secondary N) is 2. The van der Waals surface area contributed by atoms with Crippen molar-refractivity contribution in [2.45, 2.75) is 32.1 Å². The van der Waals surface area contributed by atoms with Gasteiger partial charge in [0.05, 0.1) is 0 Å². The standard InChI is InChI=1S/C23H24FN5O2S/c1-2-15-7-3-4-11-19(15)26-23(31)29-12-6-8-16(14-29)21-27-28-22(32-21)20(30)25-18-10-5-9-17(24)13-18/h3-5,7,9-11,13,16H,2,6,8,12,14H2,1H3,(H,25,30)(H,26,31)/t16-/m1/s1. The number of anilines is 2. The van der Waals surface area contributed by atoms with E-state index in [0.717, 1.165) is 35.5 Å². The molecule has 0 aliphatic carbocycles. The van der Waals surface area contributed by atoms with E-state index >= 15 is 0 Å². The van der Waals surface area contributed by atoms with E-state index in [-0.39, 0.29) is 17.0 Å². The molecule has 1 aromatic heterocycles. The first-order valence-corrected chi connectivity index (χ1v) is 11.4. The van der Waals surface area contributed by atoms with Crippen molar-refractivity contribution in [1.29, 1.82) is 0 Å². The van der Waals surface area contributed by atoms with Crippen molar-refractivity contribution in [3.63, 3.8) is 0 Å². The van der Waals surface area contributed by atoms with E-state index in [1.165, 1.54) is 29.5 Å². The van der Waals surface area contributed by atoms with E-state index in [1.807, 2.05) is 24.3 Å². The maximum Gasteiger partial charge on any atom is 0.321 e. The second-order valence-electron chi connectivity index (χ2n) is 7.64. The fourth-order valence-corrected chi connectivity index (χ4v) is 4.61. The summed E-state index contributed by atoms with van der Waals surface area (Å²) >= 11 is 1.21. The number of rotatable bonds is 5. The maximum atomic E-state index is 13.3.